The molecule has 1 nitrogen and oxygen atoms in total. The third kappa shape index (κ3) is 3.88. The van der Waals surface area contributed by atoms with Crippen molar-refractivity contribution in [1.29, 1.82) is 0 Å². The Hall–Kier alpha value is -1.75. The summed E-state index contributed by atoms with van der Waals surface area (Å²) in [5.41, 5.74) is 0.643. The number of alkyl halides is 3. The summed E-state index contributed by atoms with van der Waals surface area (Å²) in [6.45, 7) is 1.99. The van der Waals surface area contributed by atoms with Crippen LogP contribution in [0.25, 0.3) is 0 Å². The van der Waals surface area contributed by atoms with Gasteiger partial charge in [0.15, 0.2) is 0 Å². The van der Waals surface area contributed by atoms with E-state index in [1.807, 2.05) is 13.0 Å². The van der Waals surface area contributed by atoms with E-state index in [4.69, 9.17) is 11.6 Å². The molecule has 0 spiro atoms. The highest BCUT2D eigenvalue weighted by atomic mass is 35.5. The maximum Gasteiger partial charge on any atom is 0.419 e. The first kappa shape index (κ1) is 15.6. The lowest BCUT2D eigenvalue weighted by Crippen LogP contribution is -2.10. The molecule has 2 aromatic rings. The molecule has 6 heteroatoms. The van der Waals surface area contributed by atoms with Gasteiger partial charge in [-0.1, -0.05) is 23.7 Å². The Morgan fingerprint density at radius 1 is 1.10 bits per heavy atom. The standard InChI is InChI=1S/C15H12ClF4N/c1-9-2-4-12(16)14(6-9)21-8-10-3-5-13(17)11(7-10)15(18,19)20/h2-7,21H,8H2,1H3. The van der Waals surface area contributed by atoms with Crippen molar-refractivity contribution in [2.24, 2.45) is 0 Å². The Morgan fingerprint density at radius 2 is 1.81 bits per heavy atom. The van der Waals surface area contributed by atoms with Crippen molar-refractivity contribution >= 4 is 17.3 Å². The van der Waals surface area contributed by atoms with Gasteiger partial charge in [0.2, 0.25) is 0 Å². The Labute approximate surface area is 124 Å². The van der Waals surface area contributed by atoms with E-state index >= 15 is 0 Å². The van der Waals surface area contributed by atoms with E-state index < -0.39 is 17.6 Å². The summed E-state index contributed by atoms with van der Waals surface area (Å²) in [4.78, 5) is 0. The SMILES string of the molecule is Cc1ccc(Cl)c(NCc2ccc(F)c(C(F)(F)F)c2)c1. The lowest BCUT2D eigenvalue weighted by molar-refractivity contribution is -0.140. The third-order valence-corrected chi connectivity index (χ3v) is 3.27. The fraction of sp³-hybridized carbons (Fsp3) is 0.200. The van der Waals surface area contributed by atoms with Gasteiger partial charge in [-0.25, -0.2) is 4.39 Å². The van der Waals surface area contributed by atoms with Crippen LogP contribution in [0.15, 0.2) is 36.4 Å². The third-order valence-electron chi connectivity index (χ3n) is 2.94. The molecule has 0 aliphatic rings. The van der Waals surface area contributed by atoms with Crippen LogP contribution in [0.1, 0.15) is 16.7 Å². The fourth-order valence-corrected chi connectivity index (χ4v) is 2.06. The van der Waals surface area contributed by atoms with Crippen molar-refractivity contribution in [2.75, 3.05) is 5.32 Å². The summed E-state index contributed by atoms with van der Waals surface area (Å²) in [6.07, 6.45) is -4.71. The molecule has 21 heavy (non-hydrogen) atoms. The number of aryl methyl sites for hydroxylation is 1. The number of halogens is 5. The van der Waals surface area contributed by atoms with E-state index in [1.165, 1.54) is 6.07 Å². The zero-order chi connectivity index (χ0) is 15.6. The zero-order valence-electron chi connectivity index (χ0n) is 11.1. The second-order valence-electron chi connectivity index (χ2n) is 4.65. The van der Waals surface area contributed by atoms with Crippen LogP contribution < -0.4 is 5.32 Å². The lowest BCUT2D eigenvalue weighted by Gasteiger charge is -2.12. The average molecular weight is 318 g/mol. The molecule has 0 saturated heterocycles. The van der Waals surface area contributed by atoms with Crippen LogP contribution in [-0.2, 0) is 12.7 Å². The van der Waals surface area contributed by atoms with E-state index in [-0.39, 0.29) is 6.54 Å². The molecular weight excluding hydrogens is 306 g/mol. The van der Waals surface area contributed by atoms with Gasteiger partial charge in [-0.2, -0.15) is 13.2 Å². The van der Waals surface area contributed by atoms with Crippen LogP contribution in [0, 0.1) is 12.7 Å². The highest BCUT2D eigenvalue weighted by Crippen LogP contribution is 2.32. The van der Waals surface area contributed by atoms with E-state index in [9.17, 15) is 17.6 Å². The Balaban J connectivity index is 2.19. The topological polar surface area (TPSA) is 12.0 Å². The van der Waals surface area contributed by atoms with Crippen LogP contribution in [0.4, 0.5) is 23.2 Å². The van der Waals surface area contributed by atoms with E-state index in [0.717, 1.165) is 17.7 Å². The molecule has 0 atom stereocenters. The minimum atomic E-state index is -4.71. The minimum Gasteiger partial charge on any atom is -0.380 e. The molecule has 2 rings (SSSR count). The maximum atomic E-state index is 13.2. The molecule has 0 aliphatic heterocycles. The van der Waals surface area contributed by atoms with Gasteiger partial charge in [-0.15, -0.1) is 0 Å². The van der Waals surface area contributed by atoms with Gasteiger partial charge in [0.1, 0.15) is 5.82 Å². The Bertz CT molecular complexity index is 653. The molecule has 112 valence electrons. The van der Waals surface area contributed by atoms with Gasteiger partial charge in [0.25, 0.3) is 0 Å². The van der Waals surface area contributed by atoms with Crippen LogP contribution in [0.2, 0.25) is 5.02 Å². The molecule has 0 amide bonds. The summed E-state index contributed by atoms with van der Waals surface area (Å²) in [6, 6.07) is 8.24. The first-order valence-electron chi connectivity index (χ1n) is 6.13. The maximum absolute atomic E-state index is 13.2. The van der Waals surface area contributed by atoms with Crippen molar-refractivity contribution in [1.82, 2.24) is 0 Å². The van der Waals surface area contributed by atoms with Gasteiger partial charge in [-0.05, 0) is 42.3 Å². The van der Waals surface area contributed by atoms with Gasteiger partial charge in [0, 0.05) is 6.54 Å². The van der Waals surface area contributed by atoms with Gasteiger partial charge in [0.05, 0.1) is 16.3 Å². The average Bonchev–Trinajstić information content (AvgIpc) is 2.40. The molecule has 0 fully saturated rings. The van der Waals surface area contributed by atoms with Crippen LogP contribution >= 0.6 is 11.6 Å². The lowest BCUT2D eigenvalue weighted by atomic mass is 10.1. The molecule has 1 N–H and O–H groups in total. The first-order chi connectivity index (χ1) is 9.77. The number of nitrogens with one attached hydrogen (secondary N) is 1. The summed E-state index contributed by atoms with van der Waals surface area (Å²) in [7, 11) is 0. The molecule has 0 radical (unpaired) electrons. The predicted octanol–water partition coefficient (Wildman–Crippen LogP) is 5.42. The van der Waals surface area contributed by atoms with Crippen LogP contribution in [-0.4, -0.2) is 0 Å². The molecule has 0 unspecified atom stereocenters. The molecule has 0 aromatic heterocycles. The summed E-state index contributed by atoms with van der Waals surface area (Å²) in [5, 5.41) is 3.42. The van der Waals surface area contributed by atoms with Crippen molar-refractivity contribution in [3.8, 4) is 0 Å². The Morgan fingerprint density at radius 3 is 2.48 bits per heavy atom. The number of hydrogen-bond acceptors (Lipinski definition) is 1. The number of rotatable bonds is 3. The number of benzene rings is 2. The minimum absolute atomic E-state index is 0.118. The normalized spacial score (nSPS) is 11.5. The second kappa shape index (κ2) is 5.93. The summed E-state index contributed by atoms with van der Waals surface area (Å²) < 4.78 is 51.1. The van der Waals surface area contributed by atoms with Crippen molar-refractivity contribution < 1.29 is 17.6 Å². The smallest absolute Gasteiger partial charge is 0.380 e. The van der Waals surface area contributed by atoms with E-state index in [1.54, 1.807) is 12.1 Å². The van der Waals surface area contributed by atoms with Crippen molar-refractivity contribution in [3.05, 3.63) is 63.9 Å². The molecule has 0 heterocycles. The molecule has 0 aliphatic carbocycles. The van der Waals surface area contributed by atoms with E-state index in [0.29, 0.717) is 16.3 Å². The largest absolute Gasteiger partial charge is 0.419 e. The van der Waals surface area contributed by atoms with E-state index in [2.05, 4.69) is 5.32 Å². The van der Waals surface area contributed by atoms with Crippen molar-refractivity contribution in [2.45, 2.75) is 19.6 Å². The predicted molar refractivity (Wildman–Crippen MR) is 74.9 cm³/mol. The zero-order valence-corrected chi connectivity index (χ0v) is 11.8. The molecular formula is C15H12ClF4N. The Kier molecular flexibility index (Phi) is 4.42. The monoisotopic (exact) mass is 317 g/mol. The highest BCUT2D eigenvalue weighted by molar-refractivity contribution is 6.33. The number of hydrogen-bond donors (Lipinski definition) is 1. The quantitative estimate of drug-likeness (QED) is 0.745. The van der Waals surface area contributed by atoms with Gasteiger partial charge in [-0.3, -0.25) is 0 Å². The van der Waals surface area contributed by atoms with Crippen LogP contribution in [0.3, 0.4) is 0 Å². The highest BCUT2D eigenvalue weighted by Gasteiger charge is 2.34. The summed E-state index contributed by atoms with van der Waals surface area (Å²) in [5.74, 6) is -1.28. The second-order valence-corrected chi connectivity index (χ2v) is 5.06. The van der Waals surface area contributed by atoms with Gasteiger partial charge < -0.3 is 5.32 Å². The summed E-state index contributed by atoms with van der Waals surface area (Å²) >= 11 is 5.99. The molecule has 2 aromatic carbocycles. The van der Waals surface area contributed by atoms with Gasteiger partial charge >= 0.3 is 6.18 Å². The first-order valence-corrected chi connectivity index (χ1v) is 6.51. The molecule has 0 bridgehead atoms. The fourth-order valence-electron chi connectivity index (χ4n) is 1.87. The van der Waals surface area contributed by atoms with Crippen LogP contribution in [0.5, 0.6) is 0 Å². The molecule has 0 saturated carbocycles. The number of anilines is 1. The van der Waals surface area contributed by atoms with Crippen molar-refractivity contribution in [3.63, 3.8) is 0 Å².